The largest absolute Gasteiger partial charge is 0.495 e. The summed E-state index contributed by atoms with van der Waals surface area (Å²) in [5.74, 6) is -1.22. The fraction of sp³-hybridized carbons (Fsp3) is 0.348. The van der Waals surface area contributed by atoms with E-state index >= 15 is 0 Å². The van der Waals surface area contributed by atoms with Crippen LogP contribution in [-0.4, -0.2) is 38.0 Å². The van der Waals surface area contributed by atoms with E-state index in [2.05, 4.69) is 5.32 Å². The maximum atomic E-state index is 12.5. The summed E-state index contributed by atoms with van der Waals surface area (Å²) in [5, 5.41) is 2.75. The van der Waals surface area contributed by atoms with Crippen molar-refractivity contribution in [1.82, 2.24) is 0 Å². The SMILES string of the molecule is COc1ccc(C)cc1N1C[C@H](C(=O)OCC(=O)Nc2cc(C)ccc2C)CC1=O. The first-order chi connectivity index (χ1) is 14.3. The second kappa shape index (κ2) is 8.98. The summed E-state index contributed by atoms with van der Waals surface area (Å²) in [5.41, 5.74) is 4.23. The maximum absolute atomic E-state index is 12.5. The van der Waals surface area contributed by atoms with Gasteiger partial charge in [-0.25, -0.2) is 0 Å². The van der Waals surface area contributed by atoms with Gasteiger partial charge in [0.2, 0.25) is 5.91 Å². The van der Waals surface area contributed by atoms with Gasteiger partial charge < -0.3 is 19.7 Å². The molecule has 30 heavy (non-hydrogen) atoms. The number of carbonyl (C=O) groups is 3. The topological polar surface area (TPSA) is 84.9 Å². The summed E-state index contributed by atoms with van der Waals surface area (Å²) in [4.78, 5) is 38.7. The number of nitrogens with zero attached hydrogens (tertiary/aromatic N) is 1. The Morgan fingerprint density at radius 3 is 2.53 bits per heavy atom. The molecule has 2 amide bonds. The Labute approximate surface area is 176 Å². The average molecular weight is 410 g/mol. The van der Waals surface area contributed by atoms with Crippen LogP contribution >= 0.6 is 0 Å². The molecule has 1 N–H and O–H groups in total. The molecule has 7 heteroatoms. The van der Waals surface area contributed by atoms with Crippen LogP contribution in [0.25, 0.3) is 0 Å². The van der Waals surface area contributed by atoms with Crippen molar-refractivity contribution >= 4 is 29.2 Å². The molecule has 0 aromatic heterocycles. The molecule has 1 saturated heterocycles. The third kappa shape index (κ3) is 4.79. The van der Waals surface area contributed by atoms with E-state index in [1.807, 2.05) is 51.1 Å². The molecule has 1 heterocycles. The zero-order chi connectivity index (χ0) is 21.8. The third-order valence-electron chi connectivity index (χ3n) is 5.10. The summed E-state index contributed by atoms with van der Waals surface area (Å²) in [6.45, 7) is 5.53. The number of carbonyl (C=O) groups excluding carboxylic acids is 3. The van der Waals surface area contributed by atoms with Gasteiger partial charge in [-0.15, -0.1) is 0 Å². The molecular weight excluding hydrogens is 384 g/mol. The fourth-order valence-corrected chi connectivity index (χ4v) is 3.42. The molecule has 0 radical (unpaired) electrons. The molecule has 0 unspecified atom stereocenters. The second-order valence-corrected chi connectivity index (χ2v) is 7.55. The third-order valence-corrected chi connectivity index (χ3v) is 5.10. The summed E-state index contributed by atoms with van der Waals surface area (Å²) in [6.07, 6.45) is 0.0362. The van der Waals surface area contributed by atoms with Crippen molar-refractivity contribution in [3.8, 4) is 5.75 Å². The van der Waals surface area contributed by atoms with Crippen LogP contribution < -0.4 is 15.0 Å². The van der Waals surface area contributed by atoms with Crippen LogP contribution in [0.3, 0.4) is 0 Å². The van der Waals surface area contributed by atoms with E-state index in [4.69, 9.17) is 9.47 Å². The van der Waals surface area contributed by atoms with Gasteiger partial charge in [-0.1, -0.05) is 18.2 Å². The van der Waals surface area contributed by atoms with Gasteiger partial charge in [0.25, 0.3) is 5.91 Å². The minimum absolute atomic E-state index is 0.0362. The van der Waals surface area contributed by atoms with Gasteiger partial charge in [0, 0.05) is 18.7 Å². The fourth-order valence-electron chi connectivity index (χ4n) is 3.42. The van der Waals surface area contributed by atoms with Gasteiger partial charge >= 0.3 is 5.97 Å². The van der Waals surface area contributed by atoms with E-state index in [9.17, 15) is 14.4 Å². The number of rotatable bonds is 6. The van der Waals surface area contributed by atoms with Crippen molar-refractivity contribution in [2.24, 2.45) is 5.92 Å². The zero-order valence-electron chi connectivity index (χ0n) is 17.7. The molecule has 3 rings (SSSR count). The summed E-state index contributed by atoms with van der Waals surface area (Å²) < 4.78 is 10.5. The molecule has 2 aromatic carbocycles. The molecular formula is C23H26N2O5. The first-order valence-electron chi connectivity index (χ1n) is 9.77. The van der Waals surface area contributed by atoms with Crippen LogP contribution in [0.4, 0.5) is 11.4 Å². The second-order valence-electron chi connectivity index (χ2n) is 7.55. The Bertz CT molecular complexity index is 986. The molecule has 0 spiro atoms. The van der Waals surface area contributed by atoms with E-state index in [0.717, 1.165) is 16.7 Å². The van der Waals surface area contributed by atoms with E-state index in [0.29, 0.717) is 17.1 Å². The number of nitrogens with one attached hydrogen (secondary N) is 1. The lowest BCUT2D eigenvalue weighted by Crippen LogP contribution is -2.28. The van der Waals surface area contributed by atoms with Gasteiger partial charge in [0.05, 0.1) is 18.7 Å². The Hall–Kier alpha value is -3.35. The lowest BCUT2D eigenvalue weighted by Gasteiger charge is -2.20. The predicted molar refractivity (Wildman–Crippen MR) is 114 cm³/mol. The number of anilines is 2. The number of hydrogen-bond donors (Lipinski definition) is 1. The summed E-state index contributed by atoms with van der Waals surface area (Å²) >= 11 is 0. The highest BCUT2D eigenvalue weighted by atomic mass is 16.5. The predicted octanol–water partition coefficient (Wildman–Crippen LogP) is 3.16. The molecule has 158 valence electrons. The van der Waals surface area contributed by atoms with E-state index in [-0.39, 0.29) is 18.9 Å². The standard InChI is InChI=1S/C23H26N2O5/c1-14-5-7-16(3)18(9-14)24-21(26)13-30-23(28)17-11-22(27)25(12-17)19-10-15(2)6-8-20(19)29-4/h5-10,17H,11-13H2,1-4H3,(H,24,26)/t17-/m1/s1. The number of aryl methyl sites for hydroxylation is 3. The molecule has 0 aliphatic carbocycles. The Balaban J connectivity index is 1.59. The zero-order valence-corrected chi connectivity index (χ0v) is 17.7. The molecule has 1 atom stereocenters. The van der Waals surface area contributed by atoms with Crippen molar-refractivity contribution in [3.05, 3.63) is 53.1 Å². The number of amides is 2. The lowest BCUT2D eigenvalue weighted by molar-refractivity contribution is -0.151. The van der Waals surface area contributed by atoms with E-state index in [1.165, 1.54) is 12.0 Å². The van der Waals surface area contributed by atoms with Gasteiger partial charge in [-0.3, -0.25) is 14.4 Å². The van der Waals surface area contributed by atoms with Crippen LogP contribution in [0.1, 0.15) is 23.1 Å². The van der Waals surface area contributed by atoms with Crippen LogP contribution in [0.5, 0.6) is 5.75 Å². The van der Waals surface area contributed by atoms with Crippen molar-refractivity contribution in [2.45, 2.75) is 27.2 Å². The highest BCUT2D eigenvalue weighted by Gasteiger charge is 2.37. The van der Waals surface area contributed by atoms with Crippen LogP contribution in [-0.2, 0) is 19.1 Å². The summed E-state index contributed by atoms with van der Waals surface area (Å²) in [6, 6.07) is 11.3. The van der Waals surface area contributed by atoms with Crippen molar-refractivity contribution in [2.75, 3.05) is 30.5 Å². The number of hydrogen-bond acceptors (Lipinski definition) is 5. The first kappa shape index (κ1) is 21.4. The quantitative estimate of drug-likeness (QED) is 0.740. The Morgan fingerprint density at radius 2 is 1.80 bits per heavy atom. The van der Waals surface area contributed by atoms with Crippen molar-refractivity contribution in [3.63, 3.8) is 0 Å². The van der Waals surface area contributed by atoms with Gasteiger partial charge in [0.1, 0.15) is 5.75 Å². The monoisotopic (exact) mass is 410 g/mol. The highest BCUT2D eigenvalue weighted by molar-refractivity contribution is 6.01. The van der Waals surface area contributed by atoms with Gasteiger partial charge in [-0.2, -0.15) is 0 Å². The molecule has 1 aliphatic heterocycles. The number of methoxy groups -OCH3 is 1. The smallest absolute Gasteiger partial charge is 0.311 e. The molecule has 7 nitrogen and oxygen atoms in total. The van der Waals surface area contributed by atoms with Crippen LogP contribution in [0, 0.1) is 26.7 Å². The molecule has 1 fully saturated rings. The van der Waals surface area contributed by atoms with Crippen molar-refractivity contribution in [1.29, 1.82) is 0 Å². The minimum Gasteiger partial charge on any atom is -0.495 e. The average Bonchev–Trinajstić information content (AvgIpc) is 3.10. The van der Waals surface area contributed by atoms with Crippen LogP contribution in [0.2, 0.25) is 0 Å². The minimum atomic E-state index is -0.628. The Morgan fingerprint density at radius 1 is 1.10 bits per heavy atom. The highest BCUT2D eigenvalue weighted by Crippen LogP contribution is 2.34. The number of ether oxygens (including phenoxy) is 2. The molecule has 0 saturated carbocycles. The van der Waals surface area contributed by atoms with Gasteiger partial charge in [-0.05, 0) is 55.7 Å². The number of esters is 1. The normalized spacial score (nSPS) is 15.8. The lowest BCUT2D eigenvalue weighted by atomic mass is 10.1. The molecule has 0 bridgehead atoms. The van der Waals surface area contributed by atoms with E-state index in [1.54, 1.807) is 6.07 Å². The van der Waals surface area contributed by atoms with Gasteiger partial charge in [0.15, 0.2) is 6.61 Å². The maximum Gasteiger partial charge on any atom is 0.311 e. The van der Waals surface area contributed by atoms with E-state index < -0.39 is 24.4 Å². The molecule has 2 aromatic rings. The molecule has 1 aliphatic rings. The number of benzene rings is 2. The first-order valence-corrected chi connectivity index (χ1v) is 9.77. The van der Waals surface area contributed by atoms with Crippen LogP contribution in [0.15, 0.2) is 36.4 Å². The Kier molecular flexibility index (Phi) is 6.40. The van der Waals surface area contributed by atoms with Crippen molar-refractivity contribution < 1.29 is 23.9 Å². The summed E-state index contributed by atoms with van der Waals surface area (Å²) in [7, 11) is 1.54.